The minimum Gasteiger partial charge on any atom is -0.481 e. The number of carboxylic acids is 1. The number of aliphatic carboxylic acids is 1. The van der Waals surface area contributed by atoms with Gasteiger partial charge in [0.2, 0.25) is 0 Å². The lowest BCUT2D eigenvalue weighted by atomic mass is 10.3. The molecule has 4 N–H and O–H groups in total. The normalized spacial score (nSPS) is 10.1. The van der Waals surface area contributed by atoms with E-state index in [-0.39, 0.29) is 16.8 Å². The van der Waals surface area contributed by atoms with Crippen LogP contribution >= 0.6 is 12.2 Å². The van der Waals surface area contributed by atoms with Crippen LogP contribution in [0.5, 0.6) is 0 Å². The molecule has 0 unspecified atom stereocenters. The Kier molecular flexibility index (Phi) is 4.19. The predicted octanol–water partition coefficient (Wildman–Crippen LogP) is -0.00321. The van der Waals surface area contributed by atoms with Crippen molar-refractivity contribution in [2.75, 3.05) is 6.54 Å². The summed E-state index contributed by atoms with van der Waals surface area (Å²) in [4.78, 5) is 26.6. The number of rotatable bonds is 5. The highest BCUT2D eigenvalue weighted by Gasteiger charge is 1.99. The number of aromatic amines is 2. The number of hydrogen-bond donors (Lipinski definition) is 4. The van der Waals surface area contributed by atoms with Gasteiger partial charge in [0.25, 0.3) is 5.56 Å². The molecule has 82 valence electrons. The summed E-state index contributed by atoms with van der Waals surface area (Å²) < 4.78 is 0.272. The first-order valence-electron chi connectivity index (χ1n) is 4.33. The fourth-order valence-corrected chi connectivity index (χ4v) is 1.14. The summed E-state index contributed by atoms with van der Waals surface area (Å²) in [6.45, 7) is 0.638. The second kappa shape index (κ2) is 5.42. The van der Waals surface area contributed by atoms with E-state index in [1.807, 2.05) is 0 Å². The molecule has 0 amide bonds. The van der Waals surface area contributed by atoms with Crippen LogP contribution in [-0.4, -0.2) is 27.6 Å². The molecule has 1 rings (SSSR count). The summed E-state index contributed by atoms with van der Waals surface area (Å²) in [7, 11) is 0. The maximum atomic E-state index is 11.3. The quantitative estimate of drug-likeness (QED) is 0.421. The molecule has 0 atom stereocenters. The van der Waals surface area contributed by atoms with Crippen molar-refractivity contribution in [3.8, 4) is 0 Å². The second-order valence-corrected chi connectivity index (χ2v) is 3.33. The van der Waals surface area contributed by atoms with Crippen LogP contribution in [0, 0.1) is 4.77 Å². The SMILES string of the molecule is O=C(O)CCNCc1c[nH]c(=S)[nH]c1=O. The molecule has 0 aliphatic heterocycles. The highest BCUT2D eigenvalue weighted by Crippen LogP contribution is 1.86. The van der Waals surface area contributed by atoms with Crippen LogP contribution in [0.4, 0.5) is 0 Å². The lowest BCUT2D eigenvalue weighted by Gasteiger charge is -2.01. The third-order valence-corrected chi connectivity index (χ3v) is 1.95. The zero-order valence-corrected chi connectivity index (χ0v) is 8.69. The van der Waals surface area contributed by atoms with Gasteiger partial charge in [-0.2, -0.15) is 0 Å². The Morgan fingerprint density at radius 1 is 1.60 bits per heavy atom. The Bertz CT molecular complexity index is 451. The van der Waals surface area contributed by atoms with E-state index in [1.165, 1.54) is 6.20 Å². The van der Waals surface area contributed by atoms with Gasteiger partial charge in [0, 0.05) is 24.8 Å². The third-order valence-electron chi connectivity index (χ3n) is 1.73. The first-order chi connectivity index (χ1) is 7.09. The molecule has 0 saturated carbocycles. The minimum absolute atomic E-state index is 0.0285. The van der Waals surface area contributed by atoms with Crippen LogP contribution in [0.15, 0.2) is 11.0 Å². The molecule has 6 nitrogen and oxygen atoms in total. The Morgan fingerprint density at radius 3 is 2.93 bits per heavy atom. The number of nitrogens with one attached hydrogen (secondary N) is 3. The van der Waals surface area contributed by atoms with Crippen molar-refractivity contribution < 1.29 is 9.90 Å². The van der Waals surface area contributed by atoms with Crippen LogP contribution < -0.4 is 10.9 Å². The van der Waals surface area contributed by atoms with Gasteiger partial charge < -0.3 is 15.4 Å². The summed E-state index contributed by atoms with van der Waals surface area (Å²) in [6.07, 6.45) is 1.54. The van der Waals surface area contributed by atoms with Crippen molar-refractivity contribution in [2.24, 2.45) is 0 Å². The van der Waals surface area contributed by atoms with Gasteiger partial charge in [0.1, 0.15) is 0 Å². The Labute approximate surface area is 90.4 Å². The van der Waals surface area contributed by atoms with Gasteiger partial charge in [0.15, 0.2) is 4.77 Å². The molecule has 0 aliphatic rings. The third kappa shape index (κ3) is 4.05. The van der Waals surface area contributed by atoms with Crippen molar-refractivity contribution in [1.82, 2.24) is 15.3 Å². The average Bonchev–Trinajstić information content (AvgIpc) is 2.14. The van der Waals surface area contributed by atoms with Crippen molar-refractivity contribution in [3.63, 3.8) is 0 Å². The number of aromatic nitrogens is 2. The Morgan fingerprint density at radius 2 is 2.33 bits per heavy atom. The molecule has 1 heterocycles. The monoisotopic (exact) mass is 229 g/mol. The average molecular weight is 229 g/mol. The minimum atomic E-state index is -0.871. The molecule has 15 heavy (non-hydrogen) atoms. The number of H-pyrrole nitrogens is 2. The molecule has 7 heteroatoms. The maximum absolute atomic E-state index is 11.3. The van der Waals surface area contributed by atoms with Crippen molar-refractivity contribution in [1.29, 1.82) is 0 Å². The second-order valence-electron chi connectivity index (χ2n) is 2.92. The van der Waals surface area contributed by atoms with E-state index in [9.17, 15) is 9.59 Å². The fourth-order valence-electron chi connectivity index (χ4n) is 0.987. The molecule has 0 fully saturated rings. The molecule has 0 aromatic carbocycles. The van der Waals surface area contributed by atoms with Gasteiger partial charge >= 0.3 is 5.97 Å². The Hall–Kier alpha value is -1.47. The summed E-state index contributed by atoms with van der Waals surface area (Å²) in [5.41, 5.74) is 0.232. The van der Waals surface area contributed by atoms with Gasteiger partial charge in [0.05, 0.1) is 6.42 Å². The van der Waals surface area contributed by atoms with Gasteiger partial charge in [-0.15, -0.1) is 0 Å². The predicted molar refractivity (Wildman–Crippen MR) is 56.2 cm³/mol. The first-order valence-corrected chi connectivity index (χ1v) is 4.74. The highest BCUT2D eigenvalue weighted by atomic mass is 32.1. The molecule has 1 aromatic heterocycles. The van der Waals surface area contributed by atoms with Crippen molar-refractivity contribution in [2.45, 2.75) is 13.0 Å². The number of carboxylic acid groups (broad SMARTS) is 1. The molecule has 0 aliphatic carbocycles. The maximum Gasteiger partial charge on any atom is 0.304 e. The fraction of sp³-hybridized carbons (Fsp3) is 0.375. The summed E-state index contributed by atoms with van der Waals surface area (Å²) in [5.74, 6) is -0.871. The van der Waals surface area contributed by atoms with E-state index >= 15 is 0 Å². The van der Waals surface area contributed by atoms with Crippen LogP contribution in [0.2, 0.25) is 0 Å². The topological polar surface area (TPSA) is 98.0 Å². The number of carbonyl (C=O) groups is 1. The summed E-state index contributed by atoms with van der Waals surface area (Å²) >= 11 is 4.72. The molecule has 0 bridgehead atoms. The number of hydrogen-bond acceptors (Lipinski definition) is 4. The van der Waals surface area contributed by atoms with E-state index in [1.54, 1.807) is 0 Å². The van der Waals surface area contributed by atoms with Crippen molar-refractivity contribution in [3.05, 3.63) is 26.9 Å². The smallest absolute Gasteiger partial charge is 0.304 e. The zero-order chi connectivity index (χ0) is 11.3. The first kappa shape index (κ1) is 11.6. The molecule has 0 radical (unpaired) electrons. The lowest BCUT2D eigenvalue weighted by Crippen LogP contribution is -2.23. The molecular weight excluding hydrogens is 218 g/mol. The summed E-state index contributed by atoms with van der Waals surface area (Å²) in [6, 6.07) is 0. The molecular formula is C8H11N3O3S. The van der Waals surface area contributed by atoms with Gasteiger partial charge in [-0.25, -0.2) is 0 Å². The standard InChI is InChI=1S/C8H11N3O3S/c12-6(13)1-2-9-3-5-4-10-8(15)11-7(5)14/h4,9H,1-3H2,(H,12,13)(H2,10,11,14,15). The summed E-state index contributed by atoms with van der Waals surface area (Å²) in [5, 5.41) is 11.2. The van der Waals surface area contributed by atoms with E-state index in [0.717, 1.165) is 0 Å². The zero-order valence-electron chi connectivity index (χ0n) is 7.87. The van der Waals surface area contributed by atoms with Gasteiger partial charge in [-0.05, 0) is 12.2 Å². The molecule has 0 spiro atoms. The van der Waals surface area contributed by atoms with E-state index in [2.05, 4.69) is 15.3 Å². The van der Waals surface area contributed by atoms with Crippen LogP contribution in [-0.2, 0) is 11.3 Å². The highest BCUT2D eigenvalue weighted by molar-refractivity contribution is 7.71. The lowest BCUT2D eigenvalue weighted by molar-refractivity contribution is -0.136. The largest absolute Gasteiger partial charge is 0.481 e. The van der Waals surface area contributed by atoms with E-state index in [0.29, 0.717) is 18.7 Å². The van der Waals surface area contributed by atoms with E-state index in [4.69, 9.17) is 17.3 Å². The van der Waals surface area contributed by atoms with Crippen LogP contribution in [0.1, 0.15) is 12.0 Å². The van der Waals surface area contributed by atoms with Gasteiger partial charge in [-0.3, -0.25) is 14.6 Å². The molecule has 0 saturated heterocycles. The van der Waals surface area contributed by atoms with Crippen LogP contribution in [0.25, 0.3) is 0 Å². The van der Waals surface area contributed by atoms with E-state index < -0.39 is 5.97 Å². The molecule has 1 aromatic rings. The van der Waals surface area contributed by atoms with Crippen LogP contribution in [0.3, 0.4) is 0 Å². The van der Waals surface area contributed by atoms with Crippen molar-refractivity contribution >= 4 is 18.2 Å². The Balaban J connectivity index is 2.48. The van der Waals surface area contributed by atoms with Gasteiger partial charge in [-0.1, -0.05) is 0 Å².